The van der Waals surface area contributed by atoms with E-state index in [1.807, 2.05) is 17.0 Å². The van der Waals surface area contributed by atoms with Crippen LogP contribution in [-0.2, 0) is 4.79 Å². The van der Waals surface area contributed by atoms with Crippen molar-refractivity contribution in [3.63, 3.8) is 0 Å². The fraction of sp³-hybridized carbons (Fsp3) is 0.588. The second kappa shape index (κ2) is 8.67. The number of hydrogen-bond acceptors (Lipinski definition) is 3. The van der Waals surface area contributed by atoms with Gasteiger partial charge in [-0.3, -0.25) is 9.69 Å². The second-order valence-corrected chi connectivity index (χ2v) is 6.05. The van der Waals surface area contributed by atoms with Crippen molar-refractivity contribution in [1.82, 2.24) is 4.90 Å². The maximum Gasteiger partial charge on any atom is 0.317 e. The molecule has 0 spiro atoms. The monoisotopic (exact) mass is 293 g/mol. The summed E-state index contributed by atoms with van der Waals surface area (Å²) in [5, 5.41) is 8.92. The molecule has 4 heteroatoms. The first-order valence-electron chi connectivity index (χ1n) is 7.52. The number of carbonyl (C=O) groups is 1. The van der Waals surface area contributed by atoms with E-state index in [1.165, 1.54) is 11.1 Å². The summed E-state index contributed by atoms with van der Waals surface area (Å²) in [6.07, 6.45) is 0.826. The molecule has 0 aliphatic heterocycles. The van der Waals surface area contributed by atoms with Crippen LogP contribution in [0, 0.1) is 19.8 Å². The number of aryl methyl sites for hydroxylation is 2. The predicted octanol–water partition coefficient (Wildman–Crippen LogP) is 3.11. The summed E-state index contributed by atoms with van der Waals surface area (Å²) in [5.41, 5.74) is 2.38. The molecule has 0 heterocycles. The molecular weight excluding hydrogens is 266 g/mol. The highest BCUT2D eigenvalue weighted by Gasteiger charge is 2.11. The maximum atomic E-state index is 10.8. The minimum Gasteiger partial charge on any atom is -0.494 e. The Hall–Kier alpha value is -1.55. The molecule has 1 aromatic rings. The Morgan fingerprint density at radius 2 is 1.86 bits per heavy atom. The minimum absolute atomic E-state index is 0.0989. The SMILES string of the molecule is Cc1cc(C)cc(OCCCN(CC(=O)O)CC(C)C)c1. The Morgan fingerprint density at radius 3 is 2.38 bits per heavy atom. The van der Waals surface area contributed by atoms with Crippen LogP contribution in [0.15, 0.2) is 18.2 Å². The van der Waals surface area contributed by atoms with E-state index in [2.05, 4.69) is 33.8 Å². The van der Waals surface area contributed by atoms with Crippen molar-refractivity contribution in [3.8, 4) is 5.75 Å². The molecule has 0 amide bonds. The van der Waals surface area contributed by atoms with E-state index in [0.29, 0.717) is 12.5 Å². The van der Waals surface area contributed by atoms with E-state index in [1.54, 1.807) is 0 Å². The average molecular weight is 293 g/mol. The Kier molecular flexibility index (Phi) is 7.23. The third-order valence-electron chi connectivity index (χ3n) is 3.06. The zero-order valence-electron chi connectivity index (χ0n) is 13.6. The van der Waals surface area contributed by atoms with Gasteiger partial charge in [-0.25, -0.2) is 0 Å². The normalized spacial score (nSPS) is 11.1. The molecule has 1 rings (SSSR count). The summed E-state index contributed by atoms with van der Waals surface area (Å²) in [5.74, 6) is 0.580. The number of ether oxygens (including phenoxy) is 1. The molecule has 0 saturated carbocycles. The molecule has 0 unspecified atom stereocenters. The van der Waals surface area contributed by atoms with Crippen LogP contribution in [0.4, 0.5) is 0 Å². The quantitative estimate of drug-likeness (QED) is 0.711. The van der Waals surface area contributed by atoms with Crippen molar-refractivity contribution in [1.29, 1.82) is 0 Å². The maximum absolute atomic E-state index is 10.8. The van der Waals surface area contributed by atoms with Crippen LogP contribution in [0.3, 0.4) is 0 Å². The molecule has 0 radical (unpaired) electrons. The molecule has 0 bridgehead atoms. The number of nitrogens with zero attached hydrogens (tertiary/aromatic N) is 1. The molecule has 1 N–H and O–H groups in total. The molecule has 0 atom stereocenters. The minimum atomic E-state index is -0.772. The van der Waals surface area contributed by atoms with Gasteiger partial charge in [-0.15, -0.1) is 0 Å². The van der Waals surface area contributed by atoms with Gasteiger partial charge in [-0.1, -0.05) is 19.9 Å². The zero-order valence-corrected chi connectivity index (χ0v) is 13.6. The highest BCUT2D eigenvalue weighted by Crippen LogP contribution is 2.16. The second-order valence-electron chi connectivity index (χ2n) is 6.05. The Balaban J connectivity index is 2.37. The fourth-order valence-electron chi connectivity index (χ4n) is 2.44. The lowest BCUT2D eigenvalue weighted by Crippen LogP contribution is -2.34. The third-order valence-corrected chi connectivity index (χ3v) is 3.06. The first-order chi connectivity index (χ1) is 9.86. The molecule has 0 fully saturated rings. The predicted molar refractivity (Wildman–Crippen MR) is 84.9 cm³/mol. The van der Waals surface area contributed by atoms with Crippen molar-refractivity contribution in [3.05, 3.63) is 29.3 Å². The number of carboxylic acid groups (broad SMARTS) is 1. The van der Waals surface area contributed by atoms with Gasteiger partial charge in [0.25, 0.3) is 0 Å². The highest BCUT2D eigenvalue weighted by molar-refractivity contribution is 5.69. The Morgan fingerprint density at radius 1 is 1.24 bits per heavy atom. The number of aliphatic carboxylic acids is 1. The van der Waals surface area contributed by atoms with Crippen LogP contribution in [-0.4, -0.2) is 42.2 Å². The van der Waals surface area contributed by atoms with Crippen molar-refractivity contribution >= 4 is 5.97 Å². The molecular formula is C17H27NO3. The number of benzene rings is 1. The van der Waals surface area contributed by atoms with Crippen molar-refractivity contribution in [2.75, 3.05) is 26.2 Å². The summed E-state index contributed by atoms with van der Waals surface area (Å²) in [6, 6.07) is 6.16. The lowest BCUT2D eigenvalue weighted by molar-refractivity contribution is -0.138. The molecule has 118 valence electrons. The van der Waals surface area contributed by atoms with Crippen LogP contribution in [0.5, 0.6) is 5.75 Å². The molecule has 1 aromatic carbocycles. The van der Waals surface area contributed by atoms with Crippen LogP contribution >= 0.6 is 0 Å². The van der Waals surface area contributed by atoms with Gasteiger partial charge in [0.1, 0.15) is 5.75 Å². The number of rotatable bonds is 9. The van der Waals surface area contributed by atoms with Gasteiger partial charge < -0.3 is 9.84 Å². The van der Waals surface area contributed by atoms with Gasteiger partial charge in [0, 0.05) is 13.1 Å². The lowest BCUT2D eigenvalue weighted by Gasteiger charge is -2.22. The van der Waals surface area contributed by atoms with Gasteiger partial charge in [-0.2, -0.15) is 0 Å². The van der Waals surface area contributed by atoms with E-state index in [9.17, 15) is 4.79 Å². The molecule has 21 heavy (non-hydrogen) atoms. The van der Waals surface area contributed by atoms with E-state index in [-0.39, 0.29) is 6.54 Å². The highest BCUT2D eigenvalue weighted by atomic mass is 16.5. The van der Waals surface area contributed by atoms with E-state index in [4.69, 9.17) is 9.84 Å². The first-order valence-corrected chi connectivity index (χ1v) is 7.52. The van der Waals surface area contributed by atoms with Crippen molar-refractivity contribution in [2.24, 2.45) is 5.92 Å². The molecule has 4 nitrogen and oxygen atoms in total. The lowest BCUT2D eigenvalue weighted by atomic mass is 10.1. The summed E-state index contributed by atoms with van der Waals surface area (Å²) < 4.78 is 5.75. The summed E-state index contributed by atoms with van der Waals surface area (Å²) >= 11 is 0. The molecule has 0 aliphatic carbocycles. The largest absolute Gasteiger partial charge is 0.494 e. The van der Waals surface area contributed by atoms with Crippen LogP contribution in [0.1, 0.15) is 31.4 Å². The molecule has 0 aliphatic rings. The van der Waals surface area contributed by atoms with E-state index in [0.717, 1.165) is 25.3 Å². The summed E-state index contributed by atoms with van der Waals surface area (Å²) in [6.45, 7) is 10.6. The van der Waals surface area contributed by atoms with Crippen LogP contribution in [0.2, 0.25) is 0 Å². The van der Waals surface area contributed by atoms with E-state index >= 15 is 0 Å². The smallest absolute Gasteiger partial charge is 0.317 e. The van der Waals surface area contributed by atoms with Crippen molar-refractivity contribution < 1.29 is 14.6 Å². The van der Waals surface area contributed by atoms with Gasteiger partial charge in [0.15, 0.2) is 0 Å². The van der Waals surface area contributed by atoms with Gasteiger partial charge in [0.2, 0.25) is 0 Å². The average Bonchev–Trinajstić information content (AvgIpc) is 2.31. The molecule has 0 aromatic heterocycles. The van der Waals surface area contributed by atoms with Crippen molar-refractivity contribution in [2.45, 2.75) is 34.1 Å². The van der Waals surface area contributed by atoms with E-state index < -0.39 is 5.97 Å². The van der Waals surface area contributed by atoms with Gasteiger partial charge in [-0.05, 0) is 49.4 Å². The topological polar surface area (TPSA) is 49.8 Å². The summed E-state index contributed by atoms with van der Waals surface area (Å²) in [7, 11) is 0. The molecule has 0 saturated heterocycles. The zero-order chi connectivity index (χ0) is 15.8. The number of hydrogen-bond donors (Lipinski definition) is 1. The summed E-state index contributed by atoms with van der Waals surface area (Å²) in [4.78, 5) is 12.8. The van der Waals surface area contributed by atoms with Crippen LogP contribution < -0.4 is 4.74 Å². The van der Waals surface area contributed by atoms with Gasteiger partial charge >= 0.3 is 5.97 Å². The first kappa shape index (κ1) is 17.5. The van der Waals surface area contributed by atoms with Crippen LogP contribution in [0.25, 0.3) is 0 Å². The number of carboxylic acids is 1. The Labute approximate surface area is 127 Å². The fourth-order valence-corrected chi connectivity index (χ4v) is 2.44. The standard InChI is InChI=1S/C17H27NO3/c1-13(2)11-18(12-17(19)20)6-5-7-21-16-9-14(3)8-15(4)10-16/h8-10,13H,5-7,11-12H2,1-4H3,(H,19,20). The Bertz CT molecular complexity index is 437. The third kappa shape index (κ3) is 7.71. The van der Waals surface area contributed by atoms with Gasteiger partial charge in [0.05, 0.1) is 13.2 Å².